The fraction of sp³-hybridized carbons (Fsp3) is 0.286. The van der Waals surface area contributed by atoms with E-state index in [-0.39, 0.29) is 5.56 Å². The number of nitrogens with one attached hydrogen (secondary N) is 2. The van der Waals surface area contributed by atoms with E-state index in [1.165, 1.54) is 16.3 Å². The Morgan fingerprint density at radius 3 is 2.86 bits per heavy atom. The molecule has 2 aromatic rings. The summed E-state index contributed by atoms with van der Waals surface area (Å²) in [6.07, 6.45) is 1.87. The third-order valence-electron chi connectivity index (χ3n) is 1.90. The first-order chi connectivity index (χ1) is 6.63. The van der Waals surface area contributed by atoms with E-state index in [2.05, 4.69) is 15.0 Å². The van der Waals surface area contributed by atoms with Crippen molar-refractivity contribution in [2.24, 2.45) is 7.05 Å². The van der Waals surface area contributed by atoms with Gasteiger partial charge in [0.05, 0.1) is 0 Å². The van der Waals surface area contributed by atoms with E-state index in [9.17, 15) is 4.79 Å². The maximum Gasteiger partial charge on any atom is 0.279 e. The first kappa shape index (κ1) is 9.47. The van der Waals surface area contributed by atoms with Gasteiger partial charge >= 0.3 is 0 Å². The van der Waals surface area contributed by atoms with Crippen molar-refractivity contribution in [3.05, 3.63) is 15.1 Å². The van der Waals surface area contributed by atoms with Crippen LogP contribution in [-0.4, -0.2) is 25.8 Å². The van der Waals surface area contributed by atoms with Crippen molar-refractivity contribution in [1.82, 2.24) is 19.5 Å². The van der Waals surface area contributed by atoms with Crippen LogP contribution in [0.15, 0.2) is 9.95 Å². The van der Waals surface area contributed by atoms with E-state index in [4.69, 9.17) is 12.2 Å². The van der Waals surface area contributed by atoms with Crippen LogP contribution < -0.4 is 5.56 Å². The van der Waals surface area contributed by atoms with Gasteiger partial charge in [-0.15, -0.1) is 0 Å². The Morgan fingerprint density at radius 1 is 1.50 bits per heavy atom. The van der Waals surface area contributed by atoms with Crippen LogP contribution in [0.3, 0.4) is 0 Å². The number of hydrogen-bond donors (Lipinski definition) is 2. The zero-order valence-corrected chi connectivity index (χ0v) is 9.25. The first-order valence-electron chi connectivity index (χ1n) is 3.86. The first-order valence-corrected chi connectivity index (χ1v) is 5.50. The lowest BCUT2D eigenvalue weighted by Gasteiger charge is -2.02. The predicted octanol–water partition coefficient (Wildman–Crippen LogP) is 1.04. The summed E-state index contributed by atoms with van der Waals surface area (Å²) in [6, 6.07) is 0. The molecule has 0 radical (unpaired) electrons. The fourth-order valence-corrected chi connectivity index (χ4v) is 1.96. The second-order valence-electron chi connectivity index (χ2n) is 2.77. The van der Waals surface area contributed by atoms with Crippen molar-refractivity contribution >= 4 is 35.1 Å². The van der Waals surface area contributed by atoms with Crippen molar-refractivity contribution in [3.63, 3.8) is 0 Å². The summed E-state index contributed by atoms with van der Waals surface area (Å²) in [4.78, 5) is 21.6. The highest BCUT2D eigenvalue weighted by Crippen LogP contribution is 2.11. The van der Waals surface area contributed by atoms with Crippen molar-refractivity contribution < 1.29 is 0 Å². The molecule has 0 aromatic carbocycles. The van der Waals surface area contributed by atoms with Crippen LogP contribution in [-0.2, 0) is 7.05 Å². The van der Waals surface area contributed by atoms with Gasteiger partial charge in [0.2, 0.25) is 0 Å². The Morgan fingerprint density at radius 2 is 2.21 bits per heavy atom. The molecule has 2 N–H and O–H groups in total. The van der Waals surface area contributed by atoms with Crippen LogP contribution in [0.2, 0.25) is 0 Å². The Kier molecular flexibility index (Phi) is 2.20. The molecule has 0 saturated heterocycles. The van der Waals surface area contributed by atoms with E-state index in [1.54, 1.807) is 7.05 Å². The minimum absolute atomic E-state index is 0.119. The number of rotatable bonds is 1. The Labute approximate surface area is 88.6 Å². The second kappa shape index (κ2) is 3.25. The van der Waals surface area contributed by atoms with E-state index in [1.807, 2.05) is 6.26 Å². The SMILES string of the molecule is CSc1nc2[nH]c(=S)[nH]c2c(=O)n1C. The van der Waals surface area contributed by atoms with Gasteiger partial charge in [0.25, 0.3) is 5.56 Å². The Bertz CT molecular complexity index is 594. The van der Waals surface area contributed by atoms with Crippen molar-refractivity contribution in [3.8, 4) is 0 Å². The van der Waals surface area contributed by atoms with Gasteiger partial charge in [-0.1, -0.05) is 11.8 Å². The maximum atomic E-state index is 11.7. The van der Waals surface area contributed by atoms with E-state index in [0.717, 1.165) is 0 Å². The molecule has 0 aliphatic rings. The van der Waals surface area contributed by atoms with Gasteiger partial charge in [0.15, 0.2) is 21.1 Å². The molecule has 0 saturated carbocycles. The third-order valence-corrected chi connectivity index (χ3v) is 2.84. The van der Waals surface area contributed by atoms with Gasteiger partial charge in [-0.2, -0.15) is 0 Å². The van der Waals surface area contributed by atoms with Crippen LogP contribution in [0.25, 0.3) is 11.2 Å². The quantitative estimate of drug-likeness (QED) is 0.435. The molecule has 7 heteroatoms. The molecule has 0 bridgehead atoms. The molecule has 0 aliphatic carbocycles. The summed E-state index contributed by atoms with van der Waals surface area (Å²) < 4.78 is 1.91. The van der Waals surface area contributed by atoms with Crippen molar-refractivity contribution in [2.45, 2.75) is 5.16 Å². The Hall–Kier alpha value is -1.08. The molecule has 0 aliphatic heterocycles. The number of H-pyrrole nitrogens is 2. The minimum atomic E-state index is -0.119. The summed E-state index contributed by atoms with van der Waals surface area (Å²) in [5, 5.41) is 0.660. The summed E-state index contributed by atoms with van der Waals surface area (Å²) in [6.45, 7) is 0. The fourth-order valence-electron chi connectivity index (χ4n) is 1.22. The zero-order chi connectivity index (χ0) is 10.3. The van der Waals surface area contributed by atoms with Gasteiger partial charge in [-0.05, 0) is 18.5 Å². The largest absolute Gasteiger partial charge is 0.325 e. The molecule has 0 spiro atoms. The number of aromatic nitrogens is 4. The van der Waals surface area contributed by atoms with Gasteiger partial charge in [-0.25, -0.2) is 4.98 Å². The molecule has 2 rings (SSSR count). The highest BCUT2D eigenvalue weighted by Gasteiger charge is 2.08. The lowest BCUT2D eigenvalue weighted by Crippen LogP contribution is -2.19. The number of nitrogens with zero attached hydrogens (tertiary/aromatic N) is 2. The van der Waals surface area contributed by atoms with Gasteiger partial charge in [-0.3, -0.25) is 9.36 Å². The number of hydrogen-bond acceptors (Lipinski definition) is 4. The molecular weight excluding hydrogens is 220 g/mol. The molecule has 0 fully saturated rings. The highest BCUT2D eigenvalue weighted by atomic mass is 32.2. The van der Waals surface area contributed by atoms with Crippen LogP contribution in [0, 0.1) is 4.77 Å². The molecule has 0 unspecified atom stereocenters. The number of thioether (sulfide) groups is 1. The highest BCUT2D eigenvalue weighted by molar-refractivity contribution is 7.98. The summed E-state index contributed by atoms with van der Waals surface area (Å²) in [7, 11) is 1.69. The van der Waals surface area contributed by atoms with E-state index in [0.29, 0.717) is 21.1 Å². The average molecular weight is 228 g/mol. The lowest BCUT2D eigenvalue weighted by atomic mass is 10.5. The number of fused-ring (bicyclic) bond motifs is 1. The summed E-state index contributed by atoms with van der Waals surface area (Å²) >= 11 is 6.31. The minimum Gasteiger partial charge on any atom is -0.325 e. The topological polar surface area (TPSA) is 66.5 Å². The molecule has 14 heavy (non-hydrogen) atoms. The normalized spacial score (nSPS) is 11.0. The summed E-state index contributed by atoms with van der Waals surface area (Å²) in [5.41, 5.74) is 0.824. The van der Waals surface area contributed by atoms with Gasteiger partial charge in [0, 0.05) is 7.05 Å². The monoisotopic (exact) mass is 228 g/mol. The second-order valence-corrected chi connectivity index (χ2v) is 3.95. The number of imidazole rings is 1. The zero-order valence-electron chi connectivity index (χ0n) is 7.62. The predicted molar refractivity (Wildman–Crippen MR) is 58.3 cm³/mol. The van der Waals surface area contributed by atoms with Crippen molar-refractivity contribution in [2.75, 3.05) is 6.26 Å². The molecular formula is C7H8N4OS2. The van der Waals surface area contributed by atoms with Crippen LogP contribution in [0.1, 0.15) is 0 Å². The van der Waals surface area contributed by atoms with Crippen LogP contribution in [0.4, 0.5) is 0 Å². The van der Waals surface area contributed by atoms with E-state index >= 15 is 0 Å². The molecule has 0 amide bonds. The molecule has 2 aromatic heterocycles. The van der Waals surface area contributed by atoms with Crippen molar-refractivity contribution in [1.29, 1.82) is 0 Å². The van der Waals surface area contributed by atoms with Gasteiger partial charge in [0.1, 0.15) is 0 Å². The summed E-state index contributed by atoms with van der Waals surface area (Å²) in [5.74, 6) is 0. The number of aromatic amines is 2. The lowest BCUT2D eigenvalue weighted by molar-refractivity contribution is 0.724. The molecule has 5 nitrogen and oxygen atoms in total. The average Bonchev–Trinajstić information content (AvgIpc) is 2.52. The molecule has 0 atom stereocenters. The van der Waals surface area contributed by atoms with Crippen LogP contribution in [0.5, 0.6) is 0 Å². The standard InChI is InChI=1S/C7H8N4OS2/c1-11-5(12)3-4(9-6(13)8-3)10-7(11)14-2/h1-2H3,(H2,8,9,13). The van der Waals surface area contributed by atoms with Gasteiger partial charge < -0.3 is 9.97 Å². The smallest absolute Gasteiger partial charge is 0.279 e. The third kappa shape index (κ3) is 1.28. The van der Waals surface area contributed by atoms with E-state index < -0.39 is 0 Å². The molecule has 74 valence electrons. The molecule has 2 heterocycles. The maximum absolute atomic E-state index is 11.7. The Balaban J connectivity index is 2.98. The van der Waals surface area contributed by atoms with Crippen LogP contribution >= 0.6 is 24.0 Å².